The van der Waals surface area contributed by atoms with Crippen LogP contribution in [-0.2, 0) is 16.6 Å². The van der Waals surface area contributed by atoms with Gasteiger partial charge in [0.2, 0.25) is 10.0 Å². The molecule has 1 rings (SSSR count). The van der Waals surface area contributed by atoms with Gasteiger partial charge in [-0.05, 0) is 18.5 Å². The van der Waals surface area contributed by atoms with Crippen molar-refractivity contribution in [2.75, 3.05) is 13.1 Å². The number of hydrogen-bond acceptors (Lipinski definition) is 4. The van der Waals surface area contributed by atoms with Crippen LogP contribution in [0.3, 0.4) is 0 Å². The van der Waals surface area contributed by atoms with Gasteiger partial charge in [-0.2, -0.15) is 0 Å². The van der Waals surface area contributed by atoms with Gasteiger partial charge in [0, 0.05) is 23.3 Å². The minimum Gasteiger partial charge on any atom is -0.312 e. The Morgan fingerprint density at radius 2 is 1.95 bits per heavy atom. The van der Waals surface area contributed by atoms with Crippen LogP contribution in [0.25, 0.3) is 0 Å². The summed E-state index contributed by atoms with van der Waals surface area (Å²) >= 11 is 1.48. The van der Waals surface area contributed by atoms with Gasteiger partial charge in [0.25, 0.3) is 0 Å². The van der Waals surface area contributed by atoms with Gasteiger partial charge >= 0.3 is 0 Å². The van der Waals surface area contributed by atoms with Crippen LogP contribution in [0, 0.1) is 5.92 Å². The Morgan fingerprint density at radius 1 is 1.26 bits per heavy atom. The monoisotopic (exact) mass is 304 g/mol. The number of nitrogens with one attached hydrogen (secondary N) is 2. The first-order valence-electron chi connectivity index (χ1n) is 6.81. The summed E-state index contributed by atoms with van der Waals surface area (Å²) < 4.78 is 27.0. The molecule has 4 nitrogen and oxygen atoms in total. The Hall–Kier alpha value is -0.430. The molecule has 0 aromatic carbocycles. The van der Waals surface area contributed by atoms with Crippen LogP contribution >= 0.6 is 11.3 Å². The summed E-state index contributed by atoms with van der Waals surface area (Å²) in [6, 6.07) is 1.75. The summed E-state index contributed by atoms with van der Waals surface area (Å²) in [5, 5.41) is 4.90. The van der Waals surface area contributed by atoms with Crippen molar-refractivity contribution in [2.24, 2.45) is 5.92 Å². The molecule has 6 heteroatoms. The van der Waals surface area contributed by atoms with Crippen LogP contribution in [0.2, 0.25) is 0 Å². The van der Waals surface area contributed by atoms with Crippen molar-refractivity contribution in [1.82, 2.24) is 10.0 Å². The number of thiophene rings is 1. The molecule has 2 N–H and O–H groups in total. The summed E-state index contributed by atoms with van der Waals surface area (Å²) in [7, 11) is -3.35. The standard InChI is InChI=1S/C13H24N2O2S2/c1-4-11(5-2)8-15-19(16,17)13-7-12(18-10-13)9-14-6-3/h7,10-11,14-15H,4-6,8-9H2,1-3H3. The van der Waals surface area contributed by atoms with E-state index in [9.17, 15) is 8.42 Å². The highest BCUT2D eigenvalue weighted by Crippen LogP contribution is 2.19. The molecule has 1 aromatic rings. The van der Waals surface area contributed by atoms with Crippen LogP contribution in [-0.4, -0.2) is 21.5 Å². The number of sulfonamides is 1. The highest BCUT2D eigenvalue weighted by molar-refractivity contribution is 7.89. The minimum atomic E-state index is -3.35. The molecule has 1 heterocycles. The van der Waals surface area contributed by atoms with Crippen molar-refractivity contribution in [2.45, 2.75) is 45.1 Å². The molecule has 0 amide bonds. The van der Waals surface area contributed by atoms with Gasteiger partial charge in [-0.3, -0.25) is 0 Å². The Balaban J connectivity index is 2.64. The van der Waals surface area contributed by atoms with Gasteiger partial charge in [-0.1, -0.05) is 33.6 Å². The lowest BCUT2D eigenvalue weighted by atomic mass is 10.0. The molecular weight excluding hydrogens is 280 g/mol. The lowest BCUT2D eigenvalue weighted by Crippen LogP contribution is -2.28. The predicted octanol–water partition coefficient (Wildman–Crippen LogP) is 2.57. The SMILES string of the molecule is CCNCc1cc(S(=O)(=O)NCC(CC)CC)cs1. The number of hydrogen-bond donors (Lipinski definition) is 2. The van der Waals surface area contributed by atoms with Crippen molar-refractivity contribution >= 4 is 21.4 Å². The molecule has 0 atom stereocenters. The Labute approximate surface area is 120 Å². The zero-order valence-electron chi connectivity index (χ0n) is 11.9. The molecule has 0 radical (unpaired) electrons. The maximum absolute atomic E-state index is 12.1. The van der Waals surface area contributed by atoms with E-state index in [0.29, 0.717) is 17.4 Å². The third-order valence-corrected chi connectivity index (χ3v) is 5.69. The maximum Gasteiger partial charge on any atom is 0.241 e. The molecule has 0 fully saturated rings. The van der Waals surface area contributed by atoms with E-state index >= 15 is 0 Å². The second kappa shape index (κ2) is 7.99. The fraction of sp³-hybridized carbons (Fsp3) is 0.692. The first-order valence-corrected chi connectivity index (χ1v) is 9.17. The molecule has 110 valence electrons. The molecule has 0 bridgehead atoms. The molecule has 1 aromatic heterocycles. The lowest BCUT2D eigenvalue weighted by molar-refractivity contribution is 0.479. The van der Waals surface area contributed by atoms with E-state index in [-0.39, 0.29) is 0 Å². The van der Waals surface area contributed by atoms with E-state index in [1.54, 1.807) is 11.4 Å². The van der Waals surface area contributed by atoms with Crippen molar-refractivity contribution in [1.29, 1.82) is 0 Å². The van der Waals surface area contributed by atoms with E-state index in [0.717, 1.165) is 30.8 Å². The van der Waals surface area contributed by atoms with Crippen LogP contribution in [0.4, 0.5) is 0 Å². The fourth-order valence-electron chi connectivity index (χ4n) is 1.73. The van der Waals surface area contributed by atoms with Crippen molar-refractivity contribution in [3.05, 3.63) is 16.3 Å². The van der Waals surface area contributed by atoms with E-state index in [4.69, 9.17) is 0 Å². The lowest BCUT2D eigenvalue weighted by Gasteiger charge is -2.12. The van der Waals surface area contributed by atoms with Gasteiger partial charge in [-0.25, -0.2) is 13.1 Å². The molecule has 0 aliphatic carbocycles. The summed E-state index contributed by atoms with van der Waals surface area (Å²) in [5.41, 5.74) is 0. The smallest absolute Gasteiger partial charge is 0.241 e. The predicted molar refractivity (Wildman–Crippen MR) is 81.0 cm³/mol. The highest BCUT2D eigenvalue weighted by Gasteiger charge is 2.17. The normalized spacial score (nSPS) is 12.2. The van der Waals surface area contributed by atoms with Gasteiger partial charge in [0.05, 0.1) is 4.90 Å². The second-order valence-electron chi connectivity index (χ2n) is 4.56. The van der Waals surface area contributed by atoms with Gasteiger partial charge in [0.15, 0.2) is 0 Å². The topological polar surface area (TPSA) is 58.2 Å². The van der Waals surface area contributed by atoms with E-state index in [2.05, 4.69) is 23.9 Å². The zero-order valence-corrected chi connectivity index (χ0v) is 13.5. The maximum atomic E-state index is 12.1. The summed E-state index contributed by atoms with van der Waals surface area (Å²) in [5.74, 6) is 0.412. The Bertz CT molecular complexity index is 465. The second-order valence-corrected chi connectivity index (χ2v) is 7.33. The number of rotatable bonds is 9. The highest BCUT2D eigenvalue weighted by atomic mass is 32.2. The quantitative estimate of drug-likeness (QED) is 0.737. The van der Waals surface area contributed by atoms with Crippen LogP contribution in [0.5, 0.6) is 0 Å². The summed E-state index contributed by atoms with van der Waals surface area (Å²) in [6.45, 7) is 8.33. The molecule has 0 unspecified atom stereocenters. The van der Waals surface area contributed by atoms with E-state index in [1.165, 1.54) is 11.3 Å². The van der Waals surface area contributed by atoms with Gasteiger partial charge in [0.1, 0.15) is 0 Å². The molecule has 19 heavy (non-hydrogen) atoms. The molecule has 0 saturated carbocycles. The van der Waals surface area contributed by atoms with E-state index < -0.39 is 10.0 Å². The molecular formula is C13H24N2O2S2. The minimum absolute atomic E-state index is 0.386. The summed E-state index contributed by atoms with van der Waals surface area (Å²) in [6.07, 6.45) is 1.99. The average Bonchev–Trinajstić information content (AvgIpc) is 2.87. The van der Waals surface area contributed by atoms with Crippen LogP contribution in [0.15, 0.2) is 16.3 Å². The van der Waals surface area contributed by atoms with Crippen molar-refractivity contribution in [3.8, 4) is 0 Å². The third-order valence-electron chi connectivity index (χ3n) is 3.21. The van der Waals surface area contributed by atoms with Gasteiger partial charge in [-0.15, -0.1) is 11.3 Å². The average molecular weight is 304 g/mol. The van der Waals surface area contributed by atoms with Crippen molar-refractivity contribution in [3.63, 3.8) is 0 Å². The first kappa shape index (κ1) is 16.6. The third kappa shape index (κ3) is 5.22. The van der Waals surface area contributed by atoms with Crippen LogP contribution in [0.1, 0.15) is 38.5 Å². The van der Waals surface area contributed by atoms with Crippen molar-refractivity contribution < 1.29 is 8.42 Å². The van der Waals surface area contributed by atoms with Crippen LogP contribution < -0.4 is 10.0 Å². The molecule has 0 aliphatic rings. The van der Waals surface area contributed by atoms with Gasteiger partial charge < -0.3 is 5.32 Å². The van der Waals surface area contributed by atoms with E-state index in [1.807, 2.05) is 6.92 Å². The summed E-state index contributed by atoms with van der Waals surface area (Å²) in [4.78, 5) is 1.43. The Kier molecular flexibility index (Phi) is 6.99. The molecule has 0 spiro atoms. The molecule has 0 saturated heterocycles. The first-order chi connectivity index (χ1) is 9.03. The largest absolute Gasteiger partial charge is 0.312 e. The molecule has 0 aliphatic heterocycles. The zero-order chi connectivity index (χ0) is 14.3. The fourth-order valence-corrected chi connectivity index (χ4v) is 4.09. The Morgan fingerprint density at radius 3 is 2.53 bits per heavy atom.